The number of phenols is 2. The molecule has 162 valence electrons. The van der Waals surface area contributed by atoms with E-state index in [9.17, 15) is 15.0 Å². The second kappa shape index (κ2) is 13.5. The molecule has 0 bridgehead atoms. The quantitative estimate of drug-likeness (QED) is 0.160. The van der Waals surface area contributed by atoms with Crippen LogP contribution in [-0.2, 0) is 4.79 Å². The lowest BCUT2D eigenvalue weighted by Gasteiger charge is -2.05. The lowest BCUT2D eigenvalue weighted by molar-refractivity contribution is -0.134. The van der Waals surface area contributed by atoms with Crippen molar-refractivity contribution in [2.24, 2.45) is 0 Å². The van der Waals surface area contributed by atoms with Crippen LogP contribution in [0.3, 0.4) is 0 Å². The van der Waals surface area contributed by atoms with Crippen LogP contribution in [-0.4, -0.2) is 16.2 Å². The molecule has 0 heterocycles. The van der Waals surface area contributed by atoms with Gasteiger partial charge in [0.05, 0.1) is 0 Å². The van der Waals surface area contributed by atoms with Crippen LogP contribution < -0.4 is 4.74 Å². The monoisotopic (exact) mass is 410 g/mol. The molecular weight excluding hydrogens is 376 g/mol. The van der Waals surface area contributed by atoms with E-state index in [1.54, 1.807) is 30.3 Å². The Bertz CT molecular complexity index is 773. The standard InChI is InChI=1S/C26H34O4/c1-2-3-4-5-6-7-8-9-10-11-26(29)30-25-16-14-21(15-17-25)12-13-22-18-23(27)20-24(28)19-22/h12-20,27-28H,2-11H2,1H3. The molecule has 0 aliphatic heterocycles. The maximum Gasteiger partial charge on any atom is 0.311 e. The summed E-state index contributed by atoms with van der Waals surface area (Å²) >= 11 is 0. The van der Waals surface area contributed by atoms with Crippen LogP contribution in [0.4, 0.5) is 0 Å². The third kappa shape index (κ3) is 9.64. The number of hydrogen-bond donors (Lipinski definition) is 2. The van der Waals surface area contributed by atoms with Gasteiger partial charge in [0.15, 0.2) is 0 Å². The topological polar surface area (TPSA) is 66.8 Å². The molecule has 0 aromatic heterocycles. The minimum Gasteiger partial charge on any atom is -0.508 e. The smallest absolute Gasteiger partial charge is 0.311 e. The van der Waals surface area contributed by atoms with E-state index in [0.717, 1.165) is 18.4 Å². The summed E-state index contributed by atoms with van der Waals surface area (Å²) in [7, 11) is 0. The number of phenolic OH excluding ortho intramolecular Hbond substituents is 2. The third-order valence-electron chi connectivity index (χ3n) is 4.99. The summed E-state index contributed by atoms with van der Waals surface area (Å²) in [6, 6.07) is 11.7. The number of ether oxygens (including phenoxy) is 1. The highest BCUT2D eigenvalue weighted by Gasteiger charge is 2.05. The number of rotatable bonds is 13. The van der Waals surface area contributed by atoms with Crippen molar-refractivity contribution in [1.29, 1.82) is 0 Å². The van der Waals surface area contributed by atoms with E-state index in [-0.39, 0.29) is 17.5 Å². The molecule has 0 atom stereocenters. The summed E-state index contributed by atoms with van der Waals surface area (Å²) < 4.78 is 5.41. The normalized spacial score (nSPS) is 11.1. The van der Waals surface area contributed by atoms with E-state index >= 15 is 0 Å². The van der Waals surface area contributed by atoms with Crippen LogP contribution >= 0.6 is 0 Å². The van der Waals surface area contributed by atoms with Crippen molar-refractivity contribution >= 4 is 18.1 Å². The predicted molar refractivity (Wildman–Crippen MR) is 123 cm³/mol. The lowest BCUT2D eigenvalue weighted by atomic mass is 10.1. The molecule has 0 fully saturated rings. The van der Waals surface area contributed by atoms with E-state index in [1.165, 1.54) is 51.0 Å². The van der Waals surface area contributed by atoms with Gasteiger partial charge in [0.2, 0.25) is 0 Å². The van der Waals surface area contributed by atoms with Gasteiger partial charge in [0.25, 0.3) is 0 Å². The van der Waals surface area contributed by atoms with Crippen LogP contribution in [0.1, 0.15) is 82.3 Å². The second-order valence-corrected chi connectivity index (χ2v) is 7.74. The van der Waals surface area contributed by atoms with E-state index in [4.69, 9.17) is 4.74 Å². The number of aromatic hydroxyl groups is 2. The Morgan fingerprint density at radius 2 is 1.30 bits per heavy atom. The van der Waals surface area contributed by atoms with Gasteiger partial charge < -0.3 is 14.9 Å². The lowest BCUT2D eigenvalue weighted by Crippen LogP contribution is -2.07. The van der Waals surface area contributed by atoms with Crippen molar-refractivity contribution in [1.82, 2.24) is 0 Å². The summed E-state index contributed by atoms with van der Waals surface area (Å²) in [6.45, 7) is 2.23. The van der Waals surface area contributed by atoms with Gasteiger partial charge in [-0.25, -0.2) is 0 Å². The number of hydrogen-bond acceptors (Lipinski definition) is 4. The highest BCUT2D eigenvalue weighted by atomic mass is 16.5. The Balaban J connectivity index is 1.66. The number of carbonyl (C=O) groups is 1. The Kier molecular flexibility index (Phi) is 10.6. The Hall–Kier alpha value is -2.75. The molecule has 0 aliphatic rings. The molecule has 30 heavy (non-hydrogen) atoms. The van der Waals surface area contributed by atoms with Crippen molar-refractivity contribution < 1.29 is 19.7 Å². The molecule has 0 radical (unpaired) electrons. The van der Waals surface area contributed by atoms with Gasteiger partial charge in [0, 0.05) is 12.5 Å². The summed E-state index contributed by atoms with van der Waals surface area (Å²) in [5.41, 5.74) is 1.63. The predicted octanol–water partition coefficient (Wildman–Crippen LogP) is 7.09. The summed E-state index contributed by atoms with van der Waals surface area (Å²) in [6.07, 6.45) is 15.1. The minimum absolute atomic E-state index is 0.0175. The van der Waals surface area contributed by atoms with Crippen LogP contribution in [0.15, 0.2) is 42.5 Å². The van der Waals surface area contributed by atoms with Gasteiger partial charge in [-0.15, -0.1) is 0 Å². The third-order valence-corrected chi connectivity index (χ3v) is 4.99. The van der Waals surface area contributed by atoms with Gasteiger partial charge in [0.1, 0.15) is 17.2 Å². The van der Waals surface area contributed by atoms with E-state index < -0.39 is 0 Å². The minimum atomic E-state index is -0.184. The number of benzene rings is 2. The van der Waals surface area contributed by atoms with Crippen LogP contribution in [0.25, 0.3) is 12.2 Å². The van der Waals surface area contributed by atoms with Gasteiger partial charge >= 0.3 is 5.97 Å². The number of carbonyl (C=O) groups excluding carboxylic acids is 1. The average molecular weight is 411 g/mol. The van der Waals surface area contributed by atoms with E-state index in [2.05, 4.69) is 6.92 Å². The maximum atomic E-state index is 12.0. The zero-order valence-corrected chi connectivity index (χ0v) is 18.0. The first-order chi connectivity index (χ1) is 14.6. The fourth-order valence-electron chi connectivity index (χ4n) is 3.32. The van der Waals surface area contributed by atoms with Crippen molar-refractivity contribution in [3.05, 3.63) is 53.6 Å². The Morgan fingerprint density at radius 3 is 1.90 bits per heavy atom. The summed E-state index contributed by atoms with van der Waals surface area (Å²) in [5.74, 6) is 0.396. The zero-order valence-electron chi connectivity index (χ0n) is 18.0. The van der Waals surface area contributed by atoms with E-state index in [0.29, 0.717) is 17.7 Å². The fourth-order valence-corrected chi connectivity index (χ4v) is 3.32. The van der Waals surface area contributed by atoms with Gasteiger partial charge in [-0.2, -0.15) is 0 Å². The first-order valence-corrected chi connectivity index (χ1v) is 11.1. The molecule has 4 heteroatoms. The van der Waals surface area contributed by atoms with Crippen molar-refractivity contribution in [2.45, 2.75) is 71.1 Å². The molecular formula is C26H34O4. The van der Waals surface area contributed by atoms with Crippen molar-refractivity contribution in [3.8, 4) is 17.2 Å². The van der Waals surface area contributed by atoms with Crippen LogP contribution in [0.2, 0.25) is 0 Å². The SMILES string of the molecule is CCCCCCCCCCCC(=O)Oc1ccc(C=Cc2cc(O)cc(O)c2)cc1. The molecule has 0 saturated carbocycles. The molecule has 0 amide bonds. The molecule has 4 nitrogen and oxygen atoms in total. The highest BCUT2D eigenvalue weighted by Crippen LogP contribution is 2.22. The first kappa shape index (κ1) is 23.5. The molecule has 2 N–H and O–H groups in total. The van der Waals surface area contributed by atoms with E-state index in [1.807, 2.05) is 18.2 Å². The van der Waals surface area contributed by atoms with Gasteiger partial charge in [-0.05, 0) is 41.8 Å². The average Bonchev–Trinajstić information content (AvgIpc) is 2.71. The first-order valence-electron chi connectivity index (χ1n) is 11.1. The maximum absolute atomic E-state index is 12.0. The molecule has 0 saturated heterocycles. The highest BCUT2D eigenvalue weighted by molar-refractivity contribution is 5.73. The van der Waals surface area contributed by atoms with Gasteiger partial charge in [-0.1, -0.05) is 82.6 Å². The fraction of sp³-hybridized carbons (Fsp3) is 0.423. The van der Waals surface area contributed by atoms with Crippen molar-refractivity contribution in [2.75, 3.05) is 0 Å². The molecule has 2 aromatic rings. The second-order valence-electron chi connectivity index (χ2n) is 7.74. The molecule has 0 aliphatic carbocycles. The number of unbranched alkanes of at least 4 members (excludes halogenated alkanes) is 8. The zero-order chi connectivity index (χ0) is 21.6. The van der Waals surface area contributed by atoms with Gasteiger partial charge in [-0.3, -0.25) is 4.79 Å². The molecule has 2 rings (SSSR count). The Labute approximate surface area is 180 Å². The summed E-state index contributed by atoms with van der Waals surface area (Å²) in [4.78, 5) is 12.0. The van der Waals surface area contributed by atoms with Crippen LogP contribution in [0.5, 0.6) is 17.2 Å². The molecule has 0 spiro atoms. The summed E-state index contributed by atoms with van der Waals surface area (Å²) in [5, 5.41) is 19.0. The Morgan fingerprint density at radius 1 is 0.767 bits per heavy atom. The molecule has 2 aromatic carbocycles. The molecule has 0 unspecified atom stereocenters. The van der Waals surface area contributed by atoms with Crippen molar-refractivity contribution in [3.63, 3.8) is 0 Å². The largest absolute Gasteiger partial charge is 0.508 e. The van der Waals surface area contributed by atoms with Crippen LogP contribution in [0, 0.1) is 0 Å². The number of esters is 1.